The molecule has 2 aromatic carbocycles. The number of guanidine groups is 1. The van der Waals surface area contributed by atoms with Gasteiger partial charge in [0, 0.05) is 12.2 Å². The summed E-state index contributed by atoms with van der Waals surface area (Å²) in [6.45, 7) is 2.91. The van der Waals surface area contributed by atoms with Crippen molar-refractivity contribution in [1.82, 2.24) is 5.43 Å². The summed E-state index contributed by atoms with van der Waals surface area (Å²) >= 11 is 0. The zero-order valence-corrected chi connectivity index (χ0v) is 12.3. The van der Waals surface area contributed by atoms with E-state index in [1.165, 1.54) is 11.1 Å². The number of hydrogen-bond acceptors (Lipinski definition) is 2. The van der Waals surface area contributed by atoms with Crippen molar-refractivity contribution in [2.24, 2.45) is 10.8 Å². The van der Waals surface area contributed by atoms with E-state index in [0.29, 0.717) is 5.96 Å². The summed E-state index contributed by atoms with van der Waals surface area (Å²) in [6, 6.07) is 18.5. The predicted molar refractivity (Wildman–Crippen MR) is 90.0 cm³/mol. The first-order valence-electron chi connectivity index (χ1n) is 7.27. The van der Waals surface area contributed by atoms with Gasteiger partial charge in [-0.05, 0) is 29.7 Å². The van der Waals surface area contributed by atoms with Gasteiger partial charge in [0.15, 0.2) is 0 Å². The van der Waals surface area contributed by atoms with Gasteiger partial charge in [0.05, 0.1) is 0 Å². The molecule has 0 heterocycles. The predicted octanol–water partition coefficient (Wildman–Crippen LogP) is 3.38. The molecule has 2 aromatic rings. The van der Waals surface area contributed by atoms with Gasteiger partial charge in [0.25, 0.3) is 0 Å². The van der Waals surface area contributed by atoms with Gasteiger partial charge in [-0.3, -0.25) is 10.4 Å². The standard InChI is InChI=1S/C17H22N4/c1-2-3-13-19-17(21-18)20-16-11-9-15(10-12-16)14-7-5-4-6-8-14/h4-12H,2-3,13,18H2,1H3,(H2,19,20,21). The van der Waals surface area contributed by atoms with Gasteiger partial charge in [0.1, 0.15) is 0 Å². The van der Waals surface area contributed by atoms with Crippen LogP contribution in [0.15, 0.2) is 59.6 Å². The summed E-state index contributed by atoms with van der Waals surface area (Å²) in [4.78, 5) is 4.38. The number of rotatable bonds is 5. The minimum atomic E-state index is 0.593. The van der Waals surface area contributed by atoms with Crippen molar-refractivity contribution < 1.29 is 0 Å². The number of nitrogens with two attached hydrogens (primary N) is 1. The summed E-state index contributed by atoms with van der Waals surface area (Å²) in [5.41, 5.74) is 5.95. The maximum Gasteiger partial charge on any atom is 0.210 e. The highest BCUT2D eigenvalue weighted by Crippen LogP contribution is 2.20. The second-order valence-corrected chi connectivity index (χ2v) is 4.80. The third-order valence-corrected chi connectivity index (χ3v) is 3.17. The third kappa shape index (κ3) is 4.61. The summed E-state index contributed by atoms with van der Waals surface area (Å²) < 4.78 is 0. The van der Waals surface area contributed by atoms with Crippen molar-refractivity contribution in [3.05, 3.63) is 54.6 Å². The van der Waals surface area contributed by atoms with E-state index in [0.717, 1.165) is 25.1 Å². The number of unbranched alkanes of at least 4 members (excludes halogenated alkanes) is 1. The van der Waals surface area contributed by atoms with Crippen LogP contribution in [0.4, 0.5) is 5.69 Å². The van der Waals surface area contributed by atoms with Crippen LogP contribution in [0.1, 0.15) is 19.8 Å². The molecule has 0 bridgehead atoms. The Morgan fingerprint density at radius 1 is 1.00 bits per heavy atom. The van der Waals surface area contributed by atoms with Crippen LogP contribution in [0, 0.1) is 0 Å². The zero-order chi connectivity index (χ0) is 14.9. The lowest BCUT2D eigenvalue weighted by molar-refractivity contribution is 0.801. The van der Waals surface area contributed by atoms with Gasteiger partial charge in [-0.2, -0.15) is 0 Å². The van der Waals surface area contributed by atoms with Gasteiger partial charge in [-0.25, -0.2) is 5.84 Å². The Bertz CT molecular complexity index is 561. The quantitative estimate of drug-likeness (QED) is 0.259. The molecule has 2 rings (SSSR count). The maximum absolute atomic E-state index is 5.48. The molecular weight excluding hydrogens is 260 g/mol. The Morgan fingerprint density at radius 3 is 2.29 bits per heavy atom. The topological polar surface area (TPSA) is 62.4 Å². The van der Waals surface area contributed by atoms with E-state index >= 15 is 0 Å². The van der Waals surface area contributed by atoms with Crippen LogP contribution in [-0.4, -0.2) is 12.5 Å². The smallest absolute Gasteiger partial charge is 0.210 e. The van der Waals surface area contributed by atoms with Crippen molar-refractivity contribution in [3.63, 3.8) is 0 Å². The summed E-state index contributed by atoms with van der Waals surface area (Å²) in [6.07, 6.45) is 2.17. The van der Waals surface area contributed by atoms with Crippen LogP contribution < -0.4 is 16.6 Å². The Kier molecular flexibility index (Phi) is 5.79. The zero-order valence-electron chi connectivity index (χ0n) is 12.3. The lowest BCUT2D eigenvalue weighted by atomic mass is 10.1. The number of anilines is 1. The first-order chi connectivity index (χ1) is 10.3. The minimum absolute atomic E-state index is 0.593. The molecule has 21 heavy (non-hydrogen) atoms. The van der Waals surface area contributed by atoms with Crippen LogP contribution in [0.3, 0.4) is 0 Å². The van der Waals surface area contributed by atoms with E-state index in [2.05, 4.69) is 46.9 Å². The fourth-order valence-corrected chi connectivity index (χ4v) is 1.98. The monoisotopic (exact) mass is 282 g/mol. The molecule has 0 atom stereocenters. The molecule has 0 aliphatic heterocycles. The summed E-state index contributed by atoms with van der Waals surface area (Å²) in [5, 5.41) is 3.18. The molecule has 110 valence electrons. The van der Waals surface area contributed by atoms with Crippen molar-refractivity contribution in [3.8, 4) is 11.1 Å². The normalized spacial score (nSPS) is 11.2. The van der Waals surface area contributed by atoms with Crippen molar-refractivity contribution in [2.75, 3.05) is 11.9 Å². The van der Waals surface area contributed by atoms with Gasteiger partial charge < -0.3 is 5.32 Å². The fourth-order valence-electron chi connectivity index (χ4n) is 1.98. The number of nitrogens with one attached hydrogen (secondary N) is 2. The Labute approximate surface area is 126 Å². The fraction of sp³-hybridized carbons (Fsp3) is 0.235. The third-order valence-electron chi connectivity index (χ3n) is 3.17. The van der Waals surface area contributed by atoms with E-state index in [9.17, 15) is 0 Å². The Hall–Kier alpha value is -2.33. The molecular formula is C17H22N4. The number of benzene rings is 2. The maximum atomic E-state index is 5.48. The minimum Gasteiger partial charge on any atom is -0.325 e. The molecule has 0 unspecified atom stereocenters. The van der Waals surface area contributed by atoms with Crippen LogP contribution >= 0.6 is 0 Å². The molecule has 0 aliphatic carbocycles. The summed E-state index contributed by atoms with van der Waals surface area (Å²) in [7, 11) is 0. The van der Waals surface area contributed by atoms with E-state index in [4.69, 9.17) is 5.84 Å². The first-order valence-corrected chi connectivity index (χ1v) is 7.27. The molecule has 4 heteroatoms. The van der Waals surface area contributed by atoms with Crippen molar-refractivity contribution >= 4 is 11.6 Å². The molecule has 0 spiro atoms. The van der Waals surface area contributed by atoms with Gasteiger partial charge in [0.2, 0.25) is 5.96 Å². The molecule has 4 N–H and O–H groups in total. The SMILES string of the molecule is CCCCN=C(NN)Nc1ccc(-c2ccccc2)cc1. The van der Waals surface area contributed by atoms with E-state index in [1.807, 2.05) is 30.3 Å². The van der Waals surface area contributed by atoms with Crippen LogP contribution in [0.2, 0.25) is 0 Å². The van der Waals surface area contributed by atoms with Crippen LogP contribution in [0.5, 0.6) is 0 Å². The van der Waals surface area contributed by atoms with Crippen LogP contribution in [0.25, 0.3) is 11.1 Å². The Morgan fingerprint density at radius 2 is 1.67 bits per heavy atom. The molecule has 0 aliphatic rings. The molecule has 0 radical (unpaired) electrons. The molecule has 0 saturated carbocycles. The highest BCUT2D eigenvalue weighted by Gasteiger charge is 2.00. The lowest BCUT2D eigenvalue weighted by Gasteiger charge is -2.10. The van der Waals surface area contributed by atoms with Gasteiger partial charge >= 0.3 is 0 Å². The molecule has 0 aromatic heterocycles. The van der Waals surface area contributed by atoms with Gasteiger partial charge in [-0.15, -0.1) is 0 Å². The first kappa shape index (κ1) is 15.1. The average Bonchev–Trinajstić information content (AvgIpc) is 2.55. The average molecular weight is 282 g/mol. The van der Waals surface area contributed by atoms with E-state index in [-0.39, 0.29) is 0 Å². The lowest BCUT2D eigenvalue weighted by Crippen LogP contribution is -2.36. The highest BCUT2D eigenvalue weighted by molar-refractivity contribution is 5.93. The molecule has 4 nitrogen and oxygen atoms in total. The second kappa shape index (κ2) is 8.07. The van der Waals surface area contributed by atoms with Crippen molar-refractivity contribution in [1.29, 1.82) is 0 Å². The number of hydrazine groups is 1. The molecule has 0 fully saturated rings. The number of aliphatic imine (C=N–C) groups is 1. The number of hydrogen-bond donors (Lipinski definition) is 3. The van der Waals surface area contributed by atoms with Crippen LogP contribution in [-0.2, 0) is 0 Å². The molecule has 0 amide bonds. The van der Waals surface area contributed by atoms with Crippen molar-refractivity contribution in [2.45, 2.75) is 19.8 Å². The second-order valence-electron chi connectivity index (χ2n) is 4.80. The van der Waals surface area contributed by atoms with E-state index in [1.54, 1.807) is 0 Å². The van der Waals surface area contributed by atoms with Gasteiger partial charge in [-0.1, -0.05) is 55.8 Å². The molecule has 0 saturated heterocycles. The highest BCUT2D eigenvalue weighted by atomic mass is 15.3. The largest absolute Gasteiger partial charge is 0.325 e. The number of nitrogens with zero attached hydrogens (tertiary/aromatic N) is 1. The Balaban J connectivity index is 2.03. The summed E-state index contributed by atoms with van der Waals surface area (Å²) in [5.74, 6) is 6.07. The van der Waals surface area contributed by atoms with E-state index < -0.39 is 0 Å².